The van der Waals surface area contributed by atoms with E-state index in [1.165, 1.54) is 11.3 Å². The molecule has 1 aromatic carbocycles. The number of nitrogens with zero attached hydrogens (tertiary/aromatic N) is 4. The molecule has 1 fully saturated rings. The van der Waals surface area contributed by atoms with Gasteiger partial charge in [-0.15, -0.1) is 0 Å². The van der Waals surface area contributed by atoms with Gasteiger partial charge in [0.2, 0.25) is 0 Å². The molecule has 4 heteroatoms. The van der Waals surface area contributed by atoms with Crippen LogP contribution in [0.3, 0.4) is 0 Å². The number of anilines is 1. The molecule has 23 heavy (non-hydrogen) atoms. The molecular weight excluding hydrogens is 284 g/mol. The van der Waals surface area contributed by atoms with Crippen LogP contribution in [0.15, 0.2) is 54.9 Å². The highest BCUT2D eigenvalue weighted by molar-refractivity contribution is 5.46. The van der Waals surface area contributed by atoms with E-state index in [1.807, 2.05) is 18.5 Å². The fourth-order valence-electron chi connectivity index (χ4n) is 3.06. The number of aromatic nitrogens is 1. The molecule has 1 saturated heterocycles. The van der Waals surface area contributed by atoms with Crippen molar-refractivity contribution in [1.82, 2.24) is 14.8 Å². The SMILES string of the molecule is CN(CCN1CCN(c2ccccc2)CC1)Cc1cccnc1. The normalized spacial score (nSPS) is 16.0. The lowest BCUT2D eigenvalue weighted by atomic mass is 10.2. The lowest BCUT2D eigenvalue weighted by molar-refractivity contribution is 0.212. The fraction of sp³-hybridized carbons (Fsp3) is 0.421. The quantitative estimate of drug-likeness (QED) is 0.817. The molecular formula is C19H26N4. The first-order valence-electron chi connectivity index (χ1n) is 8.41. The summed E-state index contributed by atoms with van der Waals surface area (Å²) in [5.74, 6) is 0. The van der Waals surface area contributed by atoms with E-state index in [4.69, 9.17) is 0 Å². The van der Waals surface area contributed by atoms with Gasteiger partial charge in [-0.1, -0.05) is 24.3 Å². The maximum atomic E-state index is 4.18. The molecule has 0 atom stereocenters. The van der Waals surface area contributed by atoms with Gasteiger partial charge in [-0.3, -0.25) is 9.88 Å². The summed E-state index contributed by atoms with van der Waals surface area (Å²) >= 11 is 0. The molecule has 4 nitrogen and oxygen atoms in total. The van der Waals surface area contributed by atoms with Crippen molar-refractivity contribution in [3.8, 4) is 0 Å². The van der Waals surface area contributed by atoms with Gasteiger partial charge in [0.15, 0.2) is 0 Å². The van der Waals surface area contributed by atoms with Crippen molar-refractivity contribution in [2.75, 3.05) is 51.2 Å². The lowest BCUT2D eigenvalue weighted by Crippen LogP contribution is -2.48. The Bertz CT molecular complexity index is 564. The first-order chi connectivity index (χ1) is 11.3. The van der Waals surface area contributed by atoms with E-state index in [0.717, 1.165) is 45.8 Å². The van der Waals surface area contributed by atoms with Gasteiger partial charge < -0.3 is 9.80 Å². The van der Waals surface area contributed by atoms with Crippen molar-refractivity contribution in [3.63, 3.8) is 0 Å². The number of pyridine rings is 1. The summed E-state index contributed by atoms with van der Waals surface area (Å²) in [6.07, 6.45) is 3.78. The van der Waals surface area contributed by atoms with Crippen LogP contribution in [0.4, 0.5) is 5.69 Å². The first kappa shape index (κ1) is 16.0. The van der Waals surface area contributed by atoms with E-state index < -0.39 is 0 Å². The smallest absolute Gasteiger partial charge is 0.0367 e. The lowest BCUT2D eigenvalue weighted by Gasteiger charge is -2.36. The predicted octanol–water partition coefficient (Wildman–Crippen LogP) is 2.34. The van der Waals surface area contributed by atoms with E-state index in [9.17, 15) is 0 Å². The second kappa shape index (κ2) is 8.09. The second-order valence-corrected chi connectivity index (χ2v) is 6.26. The van der Waals surface area contributed by atoms with Crippen molar-refractivity contribution < 1.29 is 0 Å². The Labute approximate surface area is 139 Å². The molecule has 2 aromatic rings. The van der Waals surface area contributed by atoms with Crippen LogP contribution in [-0.2, 0) is 6.54 Å². The Morgan fingerprint density at radius 1 is 1.00 bits per heavy atom. The first-order valence-corrected chi connectivity index (χ1v) is 8.41. The topological polar surface area (TPSA) is 22.6 Å². The highest BCUT2D eigenvalue weighted by Crippen LogP contribution is 2.15. The Morgan fingerprint density at radius 3 is 2.48 bits per heavy atom. The van der Waals surface area contributed by atoms with Gasteiger partial charge in [0.25, 0.3) is 0 Å². The molecule has 0 N–H and O–H groups in total. The number of hydrogen-bond acceptors (Lipinski definition) is 4. The third-order valence-electron chi connectivity index (χ3n) is 4.47. The molecule has 0 unspecified atom stereocenters. The largest absolute Gasteiger partial charge is 0.369 e. The van der Waals surface area contributed by atoms with Crippen molar-refractivity contribution in [3.05, 3.63) is 60.4 Å². The monoisotopic (exact) mass is 310 g/mol. The van der Waals surface area contributed by atoms with Crippen LogP contribution in [0, 0.1) is 0 Å². The second-order valence-electron chi connectivity index (χ2n) is 6.26. The zero-order valence-corrected chi connectivity index (χ0v) is 13.9. The van der Waals surface area contributed by atoms with Crippen molar-refractivity contribution >= 4 is 5.69 Å². The van der Waals surface area contributed by atoms with Crippen LogP contribution in [0.25, 0.3) is 0 Å². The molecule has 0 amide bonds. The molecule has 2 heterocycles. The minimum absolute atomic E-state index is 0.970. The van der Waals surface area contributed by atoms with E-state index >= 15 is 0 Å². The fourth-order valence-corrected chi connectivity index (χ4v) is 3.06. The average Bonchev–Trinajstić information content (AvgIpc) is 2.62. The van der Waals surface area contributed by atoms with Crippen LogP contribution in [0.2, 0.25) is 0 Å². The molecule has 3 rings (SSSR count). The summed E-state index contributed by atoms with van der Waals surface area (Å²) in [5.41, 5.74) is 2.63. The zero-order valence-electron chi connectivity index (χ0n) is 13.9. The maximum absolute atomic E-state index is 4.18. The third kappa shape index (κ3) is 4.78. The predicted molar refractivity (Wildman–Crippen MR) is 95.7 cm³/mol. The number of piperazine rings is 1. The van der Waals surface area contributed by atoms with Gasteiger partial charge >= 0.3 is 0 Å². The molecule has 0 spiro atoms. The highest BCUT2D eigenvalue weighted by atomic mass is 15.3. The Hall–Kier alpha value is -1.91. The van der Waals surface area contributed by atoms with E-state index in [1.54, 1.807) is 0 Å². The van der Waals surface area contributed by atoms with E-state index in [-0.39, 0.29) is 0 Å². The van der Waals surface area contributed by atoms with Crippen LogP contribution in [0.1, 0.15) is 5.56 Å². The van der Waals surface area contributed by atoms with Crippen LogP contribution >= 0.6 is 0 Å². The maximum Gasteiger partial charge on any atom is 0.0367 e. The number of para-hydroxylation sites is 1. The highest BCUT2D eigenvalue weighted by Gasteiger charge is 2.17. The standard InChI is InChI=1S/C19H26N4/c1-21(17-18-6-5-9-20-16-18)10-11-22-12-14-23(15-13-22)19-7-3-2-4-8-19/h2-9,16H,10-15,17H2,1H3. The Morgan fingerprint density at radius 2 is 1.78 bits per heavy atom. The third-order valence-corrected chi connectivity index (χ3v) is 4.47. The molecule has 1 aliphatic heterocycles. The Balaban J connectivity index is 1.39. The molecule has 0 aliphatic carbocycles. The Kier molecular flexibility index (Phi) is 5.61. The summed E-state index contributed by atoms with van der Waals surface area (Å²) in [6, 6.07) is 14.9. The summed E-state index contributed by atoms with van der Waals surface area (Å²) in [6.45, 7) is 7.75. The van der Waals surface area contributed by atoms with Gasteiger partial charge in [0.05, 0.1) is 0 Å². The molecule has 0 bridgehead atoms. The number of benzene rings is 1. The summed E-state index contributed by atoms with van der Waals surface area (Å²) in [7, 11) is 2.19. The number of hydrogen-bond donors (Lipinski definition) is 0. The minimum atomic E-state index is 0.970. The van der Waals surface area contributed by atoms with E-state index in [2.05, 4.69) is 63.1 Å². The number of likely N-dealkylation sites (N-methyl/N-ethyl adjacent to an activating group) is 1. The van der Waals surface area contributed by atoms with Gasteiger partial charge in [-0.2, -0.15) is 0 Å². The van der Waals surface area contributed by atoms with Crippen molar-refractivity contribution in [2.24, 2.45) is 0 Å². The summed E-state index contributed by atoms with van der Waals surface area (Å²) in [4.78, 5) is 11.6. The zero-order chi connectivity index (χ0) is 15.9. The van der Waals surface area contributed by atoms with Gasteiger partial charge in [0.1, 0.15) is 0 Å². The van der Waals surface area contributed by atoms with Gasteiger partial charge in [0, 0.05) is 63.9 Å². The van der Waals surface area contributed by atoms with Crippen LogP contribution < -0.4 is 4.90 Å². The number of rotatable bonds is 6. The molecule has 122 valence electrons. The van der Waals surface area contributed by atoms with E-state index in [0.29, 0.717) is 0 Å². The summed E-state index contributed by atoms with van der Waals surface area (Å²) < 4.78 is 0. The molecule has 1 aromatic heterocycles. The molecule has 0 radical (unpaired) electrons. The minimum Gasteiger partial charge on any atom is -0.369 e. The van der Waals surface area contributed by atoms with Crippen LogP contribution in [0.5, 0.6) is 0 Å². The van der Waals surface area contributed by atoms with Crippen LogP contribution in [-0.4, -0.2) is 61.1 Å². The van der Waals surface area contributed by atoms with Crippen molar-refractivity contribution in [1.29, 1.82) is 0 Å². The molecule has 0 saturated carbocycles. The van der Waals surface area contributed by atoms with Gasteiger partial charge in [-0.05, 0) is 30.8 Å². The van der Waals surface area contributed by atoms with Gasteiger partial charge in [-0.25, -0.2) is 0 Å². The summed E-state index contributed by atoms with van der Waals surface area (Å²) in [5, 5.41) is 0. The van der Waals surface area contributed by atoms with Crippen molar-refractivity contribution in [2.45, 2.75) is 6.54 Å². The average molecular weight is 310 g/mol. The molecule has 1 aliphatic rings.